The summed E-state index contributed by atoms with van der Waals surface area (Å²) in [5.74, 6) is 0. The molecule has 0 bridgehead atoms. The second-order valence-electron chi connectivity index (χ2n) is 2.56. The number of aromatic amines is 1. The Morgan fingerprint density at radius 2 is 2.40 bits per heavy atom. The third-order valence-electron chi connectivity index (χ3n) is 1.78. The first-order valence-electron chi connectivity index (χ1n) is 3.21. The Morgan fingerprint density at radius 1 is 1.60 bits per heavy atom. The van der Waals surface area contributed by atoms with Crippen molar-refractivity contribution in [2.24, 2.45) is 0 Å². The average Bonchev–Trinajstić information content (AvgIpc) is 2.33. The first kappa shape index (κ1) is 6.25. The minimum atomic E-state index is -0.236. The van der Waals surface area contributed by atoms with Crippen molar-refractivity contribution in [3.8, 4) is 0 Å². The van der Waals surface area contributed by atoms with E-state index in [0.717, 1.165) is 5.56 Å². The highest BCUT2D eigenvalue weighted by molar-refractivity contribution is 6.24. The molecule has 0 aromatic carbocycles. The highest BCUT2D eigenvalue weighted by atomic mass is 35.5. The van der Waals surface area contributed by atoms with Crippen LogP contribution in [0.1, 0.15) is 5.56 Å². The lowest BCUT2D eigenvalue weighted by Gasteiger charge is -2.34. The van der Waals surface area contributed by atoms with Gasteiger partial charge in [-0.3, -0.25) is 0 Å². The largest absolute Gasteiger partial charge is 0.377 e. The van der Waals surface area contributed by atoms with Gasteiger partial charge < -0.3 is 9.72 Å². The van der Waals surface area contributed by atoms with Crippen molar-refractivity contribution in [1.82, 2.24) is 4.98 Å². The summed E-state index contributed by atoms with van der Waals surface area (Å²) in [6.07, 6.45) is 3.79. The number of H-pyrrole nitrogens is 1. The molecule has 1 fully saturated rings. The van der Waals surface area contributed by atoms with Crippen molar-refractivity contribution in [1.29, 1.82) is 0 Å². The molecule has 1 aromatic rings. The van der Waals surface area contributed by atoms with Gasteiger partial charge in [-0.15, -0.1) is 11.6 Å². The molecule has 0 unspecified atom stereocenters. The van der Waals surface area contributed by atoms with Crippen molar-refractivity contribution in [2.45, 2.75) is 4.87 Å². The second-order valence-corrected chi connectivity index (χ2v) is 3.28. The molecule has 2 heterocycles. The van der Waals surface area contributed by atoms with E-state index >= 15 is 0 Å². The van der Waals surface area contributed by atoms with E-state index < -0.39 is 0 Å². The minimum absolute atomic E-state index is 0.236. The number of rotatable bonds is 1. The zero-order valence-corrected chi connectivity index (χ0v) is 6.19. The number of ether oxygens (including phenoxy) is 1. The second kappa shape index (κ2) is 2.01. The number of halogens is 1. The Hall–Kier alpha value is -0.470. The molecule has 0 radical (unpaired) electrons. The number of aromatic nitrogens is 1. The van der Waals surface area contributed by atoms with Crippen molar-refractivity contribution < 1.29 is 4.74 Å². The van der Waals surface area contributed by atoms with Crippen LogP contribution in [0.2, 0.25) is 0 Å². The number of hydrogen-bond donors (Lipinski definition) is 1. The number of hydrogen-bond acceptors (Lipinski definition) is 1. The predicted octanol–water partition coefficient (Wildman–Crippen LogP) is 1.48. The third-order valence-corrected chi connectivity index (χ3v) is 2.21. The van der Waals surface area contributed by atoms with Gasteiger partial charge in [0.05, 0.1) is 13.2 Å². The van der Waals surface area contributed by atoms with Gasteiger partial charge in [0.2, 0.25) is 0 Å². The fourth-order valence-electron chi connectivity index (χ4n) is 1.05. The quantitative estimate of drug-likeness (QED) is 0.614. The van der Waals surface area contributed by atoms with Crippen molar-refractivity contribution in [3.05, 3.63) is 24.0 Å². The van der Waals surface area contributed by atoms with Gasteiger partial charge in [-0.2, -0.15) is 0 Å². The summed E-state index contributed by atoms with van der Waals surface area (Å²) in [6, 6.07) is 1.98. The maximum atomic E-state index is 6.13. The smallest absolute Gasteiger partial charge is 0.117 e. The lowest BCUT2D eigenvalue weighted by atomic mass is 10.00. The Labute approximate surface area is 64.1 Å². The summed E-state index contributed by atoms with van der Waals surface area (Å²) >= 11 is 6.13. The Morgan fingerprint density at radius 3 is 2.80 bits per heavy atom. The molecular weight excluding hydrogens is 150 g/mol. The van der Waals surface area contributed by atoms with Crippen LogP contribution in [0.5, 0.6) is 0 Å². The molecule has 1 saturated heterocycles. The molecular formula is C7H8ClNO. The maximum absolute atomic E-state index is 6.13. The van der Waals surface area contributed by atoms with Gasteiger partial charge in [0.15, 0.2) is 0 Å². The van der Waals surface area contributed by atoms with E-state index in [1.54, 1.807) is 0 Å². The van der Waals surface area contributed by atoms with Crippen LogP contribution in [0.15, 0.2) is 18.5 Å². The van der Waals surface area contributed by atoms with E-state index in [1.165, 1.54) is 0 Å². The van der Waals surface area contributed by atoms with Gasteiger partial charge in [-0.1, -0.05) is 0 Å². The Kier molecular flexibility index (Phi) is 1.25. The van der Waals surface area contributed by atoms with Gasteiger partial charge in [0.1, 0.15) is 4.87 Å². The molecule has 3 heteroatoms. The van der Waals surface area contributed by atoms with Gasteiger partial charge in [-0.05, 0) is 11.6 Å². The predicted molar refractivity (Wildman–Crippen MR) is 39.1 cm³/mol. The maximum Gasteiger partial charge on any atom is 0.117 e. The molecule has 54 valence electrons. The summed E-state index contributed by atoms with van der Waals surface area (Å²) in [7, 11) is 0. The van der Waals surface area contributed by atoms with E-state index in [4.69, 9.17) is 16.3 Å². The lowest BCUT2D eigenvalue weighted by molar-refractivity contribution is -0.0151. The fraction of sp³-hybridized carbons (Fsp3) is 0.429. The Balaban J connectivity index is 2.27. The van der Waals surface area contributed by atoms with Crippen LogP contribution < -0.4 is 0 Å². The molecule has 0 aliphatic carbocycles. The summed E-state index contributed by atoms with van der Waals surface area (Å²) in [5, 5.41) is 0. The van der Waals surface area contributed by atoms with Crippen molar-refractivity contribution in [3.63, 3.8) is 0 Å². The summed E-state index contributed by atoms with van der Waals surface area (Å²) < 4.78 is 5.02. The van der Waals surface area contributed by atoms with E-state index in [1.807, 2.05) is 18.5 Å². The fourth-order valence-corrected chi connectivity index (χ4v) is 1.32. The molecule has 0 saturated carbocycles. The molecule has 2 nitrogen and oxygen atoms in total. The van der Waals surface area contributed by atoms with Crippen LogP contribution in [0.3, 0.4) is 0 Å². The van der Waals surface area contributed by atoms with E-state index in [-0.39, 0.29) is 4.87 Å². The zero-order valence-electron chi connectivity index (χ0n) is 5.43. The van der Waals surface area contributed by atoms with Crippen LogP contribution in [0.4, 0.5) is 0 Å². The molecule has 1 aliphatic heterocycles. The molecule has 0 atom stereocenters. The first-order chi connectivity index (χ1) is 4.81. The van der Waals surface area contributed by atoms with Crippen LogP contribution >= 0.6 is 11.6 Å². The van der Waals surface area contributed by atoms with Crippen molar-refractivity contribution in [2.75, 3.05) is 13.2 Å². The van der Waals surface area contributed by atoms with Crippen LogP contribution in [0.25, 0.3) is 0 Å². The zero-order chi connectivity index (χ0) is 7.03. The molecule has 1 aliphatic rings. The van der Waals surface area contributed by atoms with Crippen molar-refractivity contribution >= 4 is 11.6 Å². The number of nitrogens with one attached hydrogen (secondary N) is 1. The average molecular weight is 158 g/mol. The molecule has 1 N–H and O–H groups in total. The van der Waals surface area contributed by atoms with E-state index in [9.17, 15) is 0 Å². The van der Waals surface area contributed by atoms with Gasteiger partial charge in [0.25, 0.3) is 0 Å². The molecule has 10 heavy (non-hydrogen) atoms. The molecule has 1 aromatic heterocycles. The monoisotopic (exact) mass is 157 g/mol. The lowest BCUT2D eigenvalue weighted by Crippen LogP contribution is -2.41. The Bertz CT molecular complexity index is 216. The van der Waals surface area contributed by atoms with Gasteiger partial charge in [0, 0.05) is 12.4 Å². The normalized spacial score (nSPS) is 22.1. The topological polar surface area (TPSA) is 25.0 Å². The van der Waals surface area contributed by atoms with Gasteiger partial charge in [-0.25, -0.2) is 0 Å². The minimum Gasteiger partial charge on any atom is -0.377 e. The first-order valence-corrected chi connectivity index (χ1v) is 3.59. The molecule has 0 amide bonds. The summed E-state index contributed by atoms with van der Waals surface area (Å²) in [5.41, 5.74) is 1.13. The van der Waals surface area contributed by atoms with Crippen LogP contribution in [-0.2, 0) is 9.61 Å². The third kappa shape index (κ3) is 0.762. The number of alkyl halides is 1. The molecule has 0 spiro atoms. The standard InChI is InChI=1S/C7H8ClNO/c8-7(4-10-5-7)6-1-2-9-3-6/h1-3,9H,4-5H2. The van der Waals surface area contributed by atoms with Crippen LogP contribution in [0, 0.1) is 0 Å². The summed E-state index contributed by atoms with van der Waals surface area (Å²) in [6.45, 7) is 1.26. The van der Waals surface area contributed by atoms with Gasteiger partial charge >= 0.3 is 0 Å². The van der Waals surface area contributed by atoms with Crippen LogP contribution in [-0.4, -0.2) is 18.2 Å². The van der Waals surface area contributed by atoms with E-state index in [0.29, 0.717) is 13.2 Å². The highest BCUT2D eigenvalue weighted by Crippen LogP contribution is 2.35. The van der Waals surface area contributed by atoms with E-state index in [2.05, 4.69) is 4.98 Å². The summed E-state index contributed by atoms with van der Waals surface area (Å²) in [4.78, 5) is 2.73. The molecule has 2 rings (SSSR count). The highest BCUT2D eigenvalue weighted by Gasteiger charge is 2.38. The SMILES string of the molecule is ClC1(c2cc[nH]c2)COC1.